The normalized spacial score (nSPS) is 12.1. The van der Waals surface area contributed by atoms with Crippen molar-refractivity contribution in [2.75, 3.05) is 10.8 Å². The van der Waals surface area contributed by atoms with Crippen LogP contribution in [0.5, 0.6) is 0 Å². The van der Waals surface area contributed by atoms with Gasteiger partial charge in [-0.1, -0.05) is 23.2 Å². The van der Waals surface area contributed by atoms with Crippen LogP contribution in [0.3, 0.4) is 0 Å². The number of carbonyl (C=O) groups excluding carboxylic acids is 1. The first-order valence-corrected chi connectivity index (χ1v) is 13.0. The summed E-state index contributed by atoms with van der Waals surface area (Å²) in [5.41, 5.74) is 1.02. The van der Waals surface area contributed by atoms with Crippen LogP contribution in [-0.2, 0) is 19.6 Å². The van der Waals surface area contributed by atoms with Gasteiger partial charge in [0.2, 0.25) is 0 Å². The standard InChI is InChI=1S/C24H23Cl2N5O4S/c1-15-5-8-22(29-28-15)30-10-9-16-11-17(6-7-19(16)30)31(14-23(32)35-24(2,3)4)36(33,34)18-12-20(25)27-21(26)13-18/h5-13H,14H2,1-4H3. The molecule has 0 aliphatic heterocycles. The highest BCUT2D eigenvalue weighted by Crippen LogP contribution is 2.30. The van der Waals surface area contributed by atoms with Crippen LogP contribution in [0.2, 0.25) is 10.3 Å². The zero-order valence-electron chi connectivity index (χ0n) is 19.9. The molecule has 36 heavy (non-hydrogen) atoms. The number of benzene rings is 1. The van der Waals surface area contributed by atoms with Crippen LogP contribution in [0.25, 0.3) is 16.7 Å². The minimum Gasteiger partial charge on any atom is -0.459 e. The molecule has 12 heteroatoms. The maximum absolute atomic E-state index is 13.7. The van der Waals surface area contributed by atoms with Crippen molar-refractivity contribution < 1.29 is 17.9 Å². The zero-order chi connectivity index (χ0) is 26.3. The first-order chi connectivity index (χ1) is 16.8. The summed E-state index contributed by atoms with van der Waals surface area (Å²) >= 11 is 11.9. The number of hydrogen-bond donors (Lipinski definition) is 0. The van der Waals surface area contributed by atoms with Gasteiger partial charge in [0.25, 0.3) is 10.0 Å². The molecule has 188 valence electrons. The first kappa shape index (κ1) is 25.9. The number of sulfonamides is 1. The number of esters is 1. The molecule has 0 aliphatic rings. The molecule has 0 radical (unpaired) electrons. The summed E-state index contributed by atoms with van der Waals surface area (Å²) < 4.78 is 35.6. The fourth-order valence-electron chi connectivity index (χ4n) is 3.53. The molecular formula is C24H23Cl2N5O4S. The fourth-order valence-corrected chi connectivity index (χ4v) is 5.56. The van der Waals surface area contributed by atoms with Crippen LogP contribution in [0.15, 0.2) is 59.6 Å². The van der Waals surface area contributed by atoms with Crippen LogP contribution < -0.4 is 4.31 Å². The molecule has 0 saturated carbocycles. The second-order valence-corrected chi connectivity index (χ2v) is 11.6. The smallest absolute Gasteiger partial charge is 0.327 e. The molecule has 4 aromatic rings. The van der Waals surface area contributed by atoms with Crippen molar-refractivity contribution in [3.05, 3.63) is 70.7 Å². The predicted octanol–water partition coefficient (Wildman–Crippen LogP) is 4.97. The number of anilines is 1. The largest absolute Gasteiger partial charge is 0.459 e. The van der Waals surface area contributed by atoms with Crippen molar-refractivity contribution >= 4 is 55.8 Å². The van der Waals surface area contributed by atoms with E-state index in [1.807, 2.05) is 35.9 Å². The van der Waals surface area contributed by atoms with Crippen molar-refractivity contribution in [3.63, 3.8) is 0 Å². The highest BCUT2D eigenvalue weighted by atomic mass is 35.5. The van der Waals surface area contributed by atoms with Crippen LogP contribution in [0, 0.1) is 6.92 Å². The highest BCUT2D eigenvalue weighted by Gasteiger charge is 2.30. The van der Waals surface area contributed by atoms with Gasteiger partial charge >= 0.3 is 5.97 Å². The molecule has 0 unspecified atom stereocenters. The highest BCUT2D eigenvalue weighted by molar-refractivity contribution is 7.92. The summed E-state index contributed by atoms with van der Waals surface area (Å²) in [7, 11) is -4.27. The van der Waals surface area contributed by atoms with Gasteiger partial charge in [-0.25, -0.2) is 13.4 Å². The Kier molecular flexibility index (Phi) is 6.96. The Labute approximate surface area is 218 Å². The Morgan fingerprint density at radius 2 is 1.72 bits per heavy atom. The molecule has 1 aromatic carbocycles. The van der Waals surface area contributed by atoms with E-state index >= 15 is 0 Å². The summed E-state index contributed by atoms with van der Waals surface area (Å²) in [5, 5.41) is 8.85. The summed E-state index contributed by atoms with van der Waals surface area (Å²) in [6.07, 6.45) is 1.81. The number of halogens is 2. The molecule has 0 saturated heterocycles. The zero-order valence-corrected chi connectivity index (χ0v) is 22.3. The van der Waals surface area contributed by atoms with Gasteiger partial charge in [0.1, 0.15) is 22.5 Å². The van der Waals surface area contributed by atoms with E-state index in [-0.39, 0.29) is 20.9 Å². The average Bonchev–Trinajstić information content (AvgIpc) is 3.19. The number of hydrogen-bond acceptors (Lipinski definition) is 7. The summed E-state index contributed by atoms with van der Waals surface area (Å²) in [4.78, 5) is 16.3. The van der Waals surface area contributed by atoms with Gasteiger partial charge in [-0.3, -0.25) is 13.7 Å². The van der Waals surface area contributed by atoms with E-state index in [0.29, 0.717) is 5.82 Å². The van der Waals surface area contributed by atoms with Crippen LogP contribution in [0.4, 0.5) is 5.69 Å². The predicted molar refractivity (Wildman–Crippen MR) is 138 cm³/mol. The molecule has 0 bridgehead atoms. The lowest BCUT2D eigenvalue weighted by molar-refractivity contribution is -0.152. The molecule has 0 aliphatic carbocycles. The molecule has 9 nitrogen and oxygen atoms in total. The fraction of sp³-hybridized carbons (Fsp3) is 0.250. The third-order valence-electron chi connectivity index (χ3n) is 5.01. The average molecular weight is 548 g/mol. The van der Waals surface area contributed by atoms with Crippen molar-refractivity contribution in [1.29, 1.82) is 0 Å². The lowest BCUT2D eigenvalue weighted by Crippen LogP contribution is -2.39. The van der Waals surface area contributed by atoms with E-state index in [1.54, 1.807) is 39.0 Å². The maximum atomic E-state index is 13.7. The number of aryl methyl sites for hydroxylation is 1. The Balaban J connectivity index is 1.80. The molecule has 0 spiro atoms. The molecule has 3 aromatic heterocycles. The van der Waals surface area contributed by atoms with Crippen LogP contribution in [0.1, 0.15) is 26.5 Å². The Hall–Kier alpha value is -3.21. The third kappa shape index (κ3) is 5.61. The molecule has 0 fully saturated rings. The minimum atomic E-state index is -4.27. The van der Waals surface area contributed by atoms with Crippen molar-refractivity contribution in [2.24, 2.45) is 0 Å². The second-order valence-electron chi connectivity index (χ2n) is 9.01. The van der Waals surface area contributed by atoms with Gasteiger partial charge in [-0.2, -0.15) is 5.10 Å². The minimum absolute atomic E-state index is 0.0926. The van der Waals surface area contributed by atoms with Crippen LogP contribution in [-0.4, -0.2) is 46.3 Å². The topological polar surface area (TPSA) is 107 Å². The van der Waals surface area contributed by atoms with Gasteiger partial charge in [0, 0.05) is 11.6 Å². The molecular weight excluding hydrogens is 525 g/mol. The van der Waals surface area contributed by atoms with E-state index in [2.05, 4.69) is 15.2 Å². The Morgan fingerprint density at radius 1 is 1.03 bits per heavy atom. The van der Waals surface area contributed by atoms with E-state index < -0.39 is 28.1 Å². The summed E-state index contributed by atoms with van der Waals surface area (Å²) in [5.74, 6) is -0.104. The van der Waals surface area contributed by atoms with E-state index in [4.69, 9.17) is 27.9 Å². The van der Waals surface area contributed by atoms with E-state index in [0.717, 1.165) is 20.9 Å². The van der Waals surface area contributed by atoms with Gasteiger partial charge in [0.15, 0.2) is 5.82 Å². The third-order valence-corrected chi connectivity index (χ3v) is 7.15. The van der Waals surface area contributed by atoms with Gasteiger partial charge < -0.3 is 4.74 Å². The van der Waals surface area contributed by atoms with Crippen molar-refractivity contribution in [2.45, 2.75) is 38.2 Å². The number of carbonyl (C=O) groups is 1. The van der Waals surface area contributed by atoms with E-state index in [1.165, 1.54) is 12.1 Å². The first-order valence-electron chi connectivity index (χ1n) is 10.8. The van der Waals surface area contributed by atoms with Crippen molar-refractivity contribution in [3.8, 4) is 5.82 Å². The summed E-state index contributed by atoms with van der Waals surface area (Å²) in [6, 6.07) is 12.9. The number of ether oxygens (including phenoxy) is 1. The van der Waals surface area contributed by atoms with E-state index in [9.17, 15) is 13.2 Å². The molecule has 0 amide bonds. The quantitative estimate of drug-likeness (QED) is 0.247. The Bertz CT molecular complexity index is 1530. The molecule has 0 atom stereocenters. The second kappa shape index (κ2) is 9.68. The lowest BCUT2D eigenvalue weighted by Gasteiger charge is -2.26. The SMILES string of the molecule is Cc1ccc(-n2ccc3cc(N(CC(=O)OC(C)(C)C)S(=O)(=O)c4cc(Cl)nc(Cl)c4)ccc32)nn1. The van der Waals surface area contributed by atoms with Gasteiger partial charge in [-0.15, -0.1) is 5.10 Å². The number of rotatable bonds is 6. The number of pyridine rings is 1. The summed E-state index contributed by atoms with van der Waals surface area (Å²) in [6.45, 7) is 6.39. The maximum Gasteiger partial charge on any atom is 0.327 e. The number of fused-ring (bicyclic) bond motifs is 1. The van der Waals surface area contributed by atoms with Gasteiger partial charge in [-0.05, 0) is 76.2 Å². The molecule has 0 N–H and O–H groups in total. The van der Waals surface area contributed by atoms with Crippen molar-refractivity contribution in [1.82, 2.24) is 19.7 Å². The monoisotopic (exact) mass is 547 g/mol. The number of aromatic nitrogens is 4. The molecule has 3 heterocycles. The lowest BCUT2D eigenvalue weighted by atomic mass is 10.2. The molecule has 4 rings (SSSR count). The Morgan fingerprint density at radius 3 is 2.33 bits per heavy atom. The van der Waals surface area contributed by atoms with Gasteiger partial charge in [0.05, 0.1) is 21.8 Å². The van der Waals surface area contributed by atoms with Crippen LogP contribution >= 0.6 is 23.2 Å². The number of nitrogens with zero attached hydrogens (tertiary/aromatic N) is 5.